The highest BCUT2D eigenvalue weighted by Gasteiger charge is 2.42. The highest BCUT2D eigenvalue weighted by Crippen LogP contribution is 2.24. The molecule has 0 aromatic heterocycles. The maximum Gasteiger partial charge on any atom is 0.328 e. The van der Waals surface area contributed by atoms with E-state index >= 15 is 0 Å². The zero-order valence-electron chi connectivity index (χ0n) is 17.3. The number of nitrogens with zero attached hydrogens (tertiary/aromatic N) is 1. The molecule has 1 aromatic carbocycles. The summed E-state index contributed by atoms with van der Waals surface area (Å²) in [5, 5.41) is 1.95. The first-order valence-electron chi connectivity index (χ1n) is 9.57. The Morgan fingerprint density at radius 2 is 1.90 bits per heavy atom. The lowest BCUT2D eigenvalue weighted by molar-refractivity contribution is -0.153. The van der Waals surface area contributed by atoms with Gasteiger partial charge in [-0.1, -0.05) is 42.1 Å². The Morgan fingerprint density at radius 3 is 2.48 bits per heavy atom. The SMILES string of the molecule is COC(=O)[C@@H]1CCCN1C(=O)C(C)(C)NC(=O)[C@H](Cc1ccccc1)SC(C)=O. The van der Waals surface area contributed by atoms with Crippen LogP contribution >= 0.6 is 11.8 Å². The van der Waals surface area contributed by atoms with E-state index in [4.69, 9.17) is 4.74 Å². The van der Waals surface area contributed by atoms with Gasteiger partial charge in [0.25, 0.3) is 0 Å². The number of hydrogen-bond donors (Lipinski definition) is 1. The summed E-state index contributed by atoms with van der Waals surface area (Å²) in [4.78, 5) is 51.1. The second-order valence-corrected chi connectivity index (χ2v) is 8.96. The number of amides is 2. The van der Waals surface area contributed by atoms with Gasteiger partial charge in [-0.3, -0.25) is 14.4 Å². The molecule has 0 bridgehead atoms. The highest BCUT2D eigenvalue weighted by molar-refractivity contribution is 8.14. The third-order valence-corrected chi connectivity index (χ3v) is 5.82. The molecule has 7 nitrogen and oxygen atoms in total. The van der Waals surface area contributed by atoms with Gasteiger partial charge in [-0.25, -0.2) is 4.79 Å². The predicted molar refractivity (Wildman–Crippen MR) is 111 cm³/mol. The fourth-order valence-corrected chi connectivity index (χ4v) is 4.25. The first-order valence-corrected chi connectivity index (χ1v) is 10.5. The summed E-state index contributed by atoms with van der Waals surface area (Å²) in [6.45, 7) is 5.07. The van der Waals surface area contributed by atoms with E-state index in [2.05, 4.69) is 5.32 Å². The van der Waals surface area contributed by atoms with Gasteiger partial charge in [-0.05, 0) is 38.7 Å². The van der Waals surface area contributed by atoms with Crippen molar-refractivity contribution in [1.82, 2.24) is 10.2 Å². The van der Waals surface area contributed by atoms with Crippen LogP contribution in [0.15, 0.2) is 30.3 Å². The lowest BCUT2D eigenvalue weighted by Gasteiger charge is -2.33. The largest absolute Gasteiger partial charge is 0.467 e. The Hall–Kier alpha value is -2.35. The minimum Gasteiger partial charge on any atom is -0.467 e. The Morgan fingerprint density at radius 1 is 1.24 bits per heavy atom. The second-order valence-electron chi connectivity index (χ2n) is 7.58. The molecule has 0 unspecified atom stereocenters. The molecule has 0 spiro atoms. The van der Waals surface area contributed by atoms with E-state index in [0.717, 1.165) is 17.3 Å². The molecule has 1 fully saturated rings. The maximum absolute atomic E-state index is 13.1. The van der Waals surface area contributed by atoms with Gasteiger partial charge in [0.2, 0.25) is 11.8 Å². The molecule has 2 rings (SSSR count). The van der Waals surface area contributed by atoms with Crippen molar-refractivity contribution in [3.05, 3.63) is 35.9 Å². The average Bonchev–Trinajstić information content (AvgIpc) is 3.16. The number of esters is 1. The number of hydrogen-bond acceptors (Lipinski definition) is 6. The number of methoxy groups -OCH3 is 1. The third kappa shape index (κ3) is 6.06. The molecule has 1 saturated heterocycles. The van der Waals surface area contributed by atoms with Gasteiger partial charge in [0, 0.05) is 13.5 Å². The molecular weight excluding hydrogens is 392 g/mol. The summed E-state index contributed by atoms with van der Waals surface area (Å²) >= 11 is 0.946. The van der Waals surface area contributed by atoms with Gasteiger partial charge in [-0.2, -0.15) is 0 Å². The molecule has 158 valence electrons. The first kappa shape index (κ1) is 22.9. The Balaban J connectivity index is 2.12. The van der Waals surface area contributed by atoms with E-state index in [-0.39, 0.29) is 16.9 Å². The number of rotatable bonds is 7. The monoisotopic (exact) mass is 420 g/mol. The molecule has 1 aromatic rings. The zero-order chi connectivity index (χ0) is 21.6. The van der Waals surface area contributed by atoms with E-state index in [1.54, 1.807) is 13.8 Å². The van der Waals surface area contributed by atoms with Crippen molar-refractivity contribution in [2.24, 2.45) is 0 Å². The van der Waals surface area contributed by atoms with E-state index < -0.39 is 22.8 Å². The number of nitrogens with one attached hydrogen (secondary N) is 1. The van der Waals surface area contributed by atoms with Crippen LogP contribution < -0.4 is 5.32 Å². The Kier molecular flexibility index (Phi) is 7.84. The number of carbonyl (C=O) groups excluding carboxylic acids is 4. The van der Waals surface area contributed by atoms with Crippen LogP contribution in [-0.4, -0.2) is 58.3 Å². The fourth-order valence-electron chi connectivity index (χ4n) is 3.41. The van der Waals surface area contributed by atoms with Crippen molar-refractivity contribution >= 4 is 34.7 Å². The summed E-state index contributed by atoms with van der Waals surface area (Å²) < 4.78 is 4.80. The van der Waals surface area contributed by atoms with Crippen molar-refractivity contribution < 1.29 is 23.9 Å². The van der Waals surface area contributed by atoms with Crippen molar-refractivity contribution in [1.29, 1.82) is 0 Å². The van der Waals surface area contributed by atoms with E-state index in [9.17, 15) is 19.2 Å². The molecule has 0 radical (unpaired) electrons. The van der Waals surface area contributed by atoms with Crippen LogP contribution in [0.5, 0.6) is 0 Å². The lowest BCUT2D eigenvalue weighted by Crippen LogP contribution is -2.59. The molecule has 0 aliphatic carbocycles. The number of thioether (sulfide) groups is 1. The van der Waals surface area contributed by atoms with E-state index in [1.165, 1.54) is 18.9 Å². The van der Waals surface area contributed by atoms with Crippen LogP contribution in [0.2, 0.25) is 0 Å². The molecule has 2 amide bonds. The van der Waals surface area contributed by atoms with Crippen LogP contribution in [0.4, 0.5) is 0 Å². The molecule has 29 heavy (non-hydrogen) atoms. The van der Waals surface area contributed by atoms with Gasteiger partial charge in [0.15, 0.2) is 5.12 Å². The normalized spacial score (nSPS) is 17.5. The minimum atomic E-state index is -1.22. The standard InChI is InChI=1S/C21H28N2O5S/c1-14(24)29-17(13-15-9-6-5-7-10-15)18(25)22-21(2,3)20(27)23-12-8-11-16(23)19(26)28-4/h5-7,9-10,16-17H,8,11-13H2,1-4H3,(H,22,25)/t16-,17-/m0/s1. The molecule has 2 atom stereocenters. The molecule has 8 heteroatoms. The molecule has 1 aliphatic rings. The first-order chi connectivity index (χ1) is 13.7. The van der Waals surface area contributed by atoms with E-state index in [0.29, 0.717) is 25.8 Å². The Labute approximate surface area is 175 Å². The van der Waals surface area contributed by atoms with Gasteiger partial charge in [-0.15, -0.1) is 0 Å². The lowest BCUT2D eigenvalue weighted by atomic mass is 10.0. The van der Waals surface area contributed by atoms with Crippen molar-refractivity contribution in [2.75, 3.05) is 13.7 Å². The van der Waals surface area contributed by atoms with Crippen molar-refractivity contribution in [3.63, 3.8) is 0 Å². The van der Waals surface area contributed by atoms with Crippen LogP contribution in [-0.2, 0) is 30.3 Å². The third-order valence-electron chi connectivity index (χ3n) is 4.82. The van der Waals surface area contributed by atoms with E-state index in [1.807, 2.05) is 30.3 Å². The zero-order valence-corrected chi connectivity index (χ0v) is 18.1. The highest BCUT2D eigenvalue weighted by atomic mass is 32.2. The quantitative estimate of drug-likeness (QED) is 0.678. The van der Waals surface area contributed by atoms with Crippen LogP contribution in [0.3, 0.4) is 0 Å². The summed E-state index contributed by atoms with van der Waals surface area (Å²) in [6, 6.07) is 8.78. The smallest absolute Gasteiger partial charge is 0.328 e. The summed E-state index contributed by atoms with van der Waals surface area (Å²) in [7, 11) is 1.30. The van der Waals surface area contributed by atoms with Gasteiger partial charge >= 0.3 is 5.97 Å². The molecule has 1 aliphatic heterocycles. The predicted octanol–water partition coefficient (Wildman–Crippen LogP) is 1.94. The maximum atomic E-state index is 13.1. The van der Waals surface area contributed by atoms with Crippen LogP contribution in [0.25, 0.3) is 0 Å². The van der Waals surface area contributed by atoms with Gasteiger partial charge < -0.3 is 15.0 Å². The molecular formula is C21H28N2O5S. The molecule has 1 N–H and O–H groups in total. The molecule has 0 saturated carbocycles. The van der Waals surface area contributed by atoms with Gasteiger partial charge in [0.1, 0.15) is 11.6 Å². The van der Waals surface area contributed by atoms with Gasteiger partial charge in [0.05, 0.1) is 12.4 Å². The minimum absolute atomic E-state index is 0.171. The average molecular weight is 421 g/mol. The second kappa shape index (κ2) is 9.91. The van der Waals surface area contributed by atoms with Crippen LogP contribution in [0, 0.1) is 0 Å². The topological polar surface area (TPSA) is 92.8 Å². The summed E-state index contributed by atoms with van der Waals surface area (Å²) in [5.41, 5.74) is -0.296. The summed E-state index contributed by atoms with van der Waals surface area (Å²) in [6.07, 6.45) is 1.61. The van der Waals surface area contributed by atoms with Crippen molar-refractivity contribution in [3.8, 4) is 0 Å². The fraction of sp³-hybridized carbons (Fsp3) is 0.524. The summed E-state index contributed by atoms with van der Waals surface area (Å²) in [5.74, 6) is -1.18. The van der Waals surface area contributed by atoms with Crippen molar-refractivity contribution in [2.45, 2.75) is 56.9 Å². The number of ether oxygens (including phenoxy) is 1. The molecule has 1 heterocycles. The number of benzene rings is 1. The van der Waals surface area contributed by atoms with Crippen LogP contribution in [0.1, 0.15) is 39.2 Å². The Bertz CT molecular complexity index is 766. The number of likely N-dealkylation sites (tertiary alicyclic amines) is 1. The number of carbonyl (C=O) groups is 4.